The van der Waals surface area contributed by atoms with Gasteiger partial charge in [-0.1, -0.05) is 234 Å². The van der Waals surface area contributed by atoms with Crippen molar-refractivity contribution < 1.29 is 23.8 Å². The first-order valence-electron chi connectivity index (χ1n) is 28.0. The minimum atomic E-state index is -0.635. The van der Waals surface area contributed by atoms with Crippen LogP contribution in [0.4, 0.5) is 0 Å². The predicted octanol–water partition coefficient (Wildman–Crippen LogP) is 19.6. The number of hydrogen-bond acceptors (Lipinski definition) is 5. The van der Waals surface area contributed by atoms with Crippen LogP contribution in [-0.2, 0) is 23.8 Å². The maximum atomic E-state index is 12.8. The zero-order valence-corrected chi connectivity index (χ0v) is 45.6. The van der Waals surface area contributed by atoms with E-state index in [2.05, 4.69) is 203 Å². The van der Waals surface area contributed by atoms with Gasteiger partial charge in [-0.15, -0.1) is 0 Å². The summed E-state index contributed by atoms with van der Waals surface area (Å²) < 4.78 is 17.3. The fourth-order valence-corrected chi connectivity index (χ4v) is 6.61. The second-order valence-corrected chi connectivity index (χ2v) is 17.3. The molecule has 1 atom stereocenters. The van der Waals surface area contributed by atoms with E-state index in [4.69, 9.17) is 14.2 Å². The van der Waals surface area contributed by atoms with Crippen LogP contribution in [0.2, 0.25) is 0 Å². The van der Waals surface area contributed by atoms with Gasteiger partial charge in [-0.05, 0) is 135 Å². The summed E-state index contributed by atoms with van der Waals surface area (Å²) in [4.78, 5) is 25.5. The van der Waals surface area contributed by atoms with Gasteiger partial charge in [0.05, 0.1) is 6.61 Å². The number of carbonyl (C=O) groups excluding carboxylic acids is 2. The van der Waals surface area contributed by atoms with Crippen molar-refractivity contribution in [2.75, 3.05) is 19.8 Å². The quantitative estimate of drug-likeness (QED) is 0.0345. The van der Waals surface area contributed by atoms with Crippen LogP contribution >= 0.6 is 0 Å². The molecule has 0 aliphatic rings. The molecule has 0 aromatic heterocycles. The molecular formula is C67H100O5. The Morgan fingerprint density at radius 3 is 0.931 bits per heavy atom. The lowest BCUT2D eigenvalue weighted by Crippen LogP contribution is -2.30. The van der Waals surface area contributed by atoms with E-state index < -0.39 is 6.10 Å². The van der Waals surface area contributed by atoms with E-state index in [-0.39, 0.29) is 38.0 Å². The molecule has 1 unspecified atom stereocenters. The molecule has 0 saturated carbocycles. The maximum Gasteiger partial charge on any atom is 0.306 e. The molecule has 0 rings (SSSR count). The van der Waals surface area contributed by atoms with E-state index in [1.165, 1.54) is 12.8 Å². The van der Waals surface area contributed by atoms with Gasteiger partial charge in [-0.3, -0.25) is 9.59 Å². The minimum absolute atomic E-state index is 0.00840. The van der Waals surface area contributed by atoms with Gasteiger partial charge < -0.3 is 14.2 Å². The average Bonchev–Trinajstić information content (AvgIpc) is 3.38. The van der Waals surface area contributed by atoms with Crippen molar-refractivity contribution in [3.8, 4) is 0 Å². The fraction of sp³-hybridized carbons (Fsp3) is 0.493. The van der Waals surface area contributed by atoms with Gasteiger partial charge in [-0.25, -0.2) is 0 Å². The highest BCUT2D eigenvalue weighted by Crippen LogP contribution is 2.09. The van der Waals surface area contributed by atoms with Crippen LogP contribution in [0.1, 0.15) is 188 Å². The lowest BCUT2D eigenvalue weighted by atomic mass is 10.1. The first-order valence-corrected chi connectivity index (χ1v) is 28.0. The number of allylic oxidation sites excluding steroid dienone is 32. The summed E-state index contributed by atoms with van der Waals surface area (Å²) in [6, 6.07) is 0. The SMILES string of the molecule is CC/C=C\C/C=C\C/C=C\C/C=C\C/C=C\C/C=C\CCC(=O)OCC(COCCCCCCC/C=C\C/C=C\C/C=C\C/C=C\CC)OC(=O)CC/C=C\C/C=C\C/C=C\C/C=C\C/C=C\C/C=C\CC. The van der Waals surface area contributed by atoms with Crippen molar-refractivity contribution in [3.63, 3.8) is 0 Å². The summed E-state index contributed by atoms with van der Waals surface area (Å²) in [7, 11) is 0. The Morgan fingerprint density at radius 2 is 0.583 bits per heavy atom. The smallest absolute Gasteiger partial charge is 0.306 e. The van der Waals surface area contributed by atoms with E-state index in [9.17, 15) is 9.59 Å². The Kier molecular flexibility index (Phi) is 55.7. The Morgan fingerprint density at radius 1 is 0.306 bits per heavy atom. The van der Waals surface area contributed by atoms with Crippen LogP contribution in [0.25, 0.3) is 0 Å². The van der Waals surface area contributed by atoms with E-state index in [1.807, 2.05) is 12.2 Å². The second-order valence-electron chi connectivity index (χ2n) is 17.3. The second kappa shape index (κ2) is 60.0. The van der Waals surface area contributed by atoms with Crippen LogP contribution in [0.15, 0.2) is 194 Å². The topological polar surface area (TPSA) is 61.8 Å². The molecule has 0 aromatic rings. The van der Waals surface area contributed by atoms with E-state index in [0.717, 1.165) is 128 Å². The van der Waals surface area contributed by atoms with Gasteiger partial charge in [0.25, 0.3) is 0 Å². The summed E-state index contributed by atoms with van der Waals surface area (Å²) in [5.41, 5.74) is 0. The van der Waals surface area contributed by atoms with E-state index in [1.54, 1.807) is 0 Å². The van der Waals surface area contributed by atoms with Gasteiger partial charge in [0.2, 0.25) is 0 Å². The van der Waals surface area contributed by atoms with Crippen LogP contribution in [0.5, 0.6) is 0 Å². The largest absolute Gasteiger partial charge is 0.462 e. The summed E-state index contributed by atoms with van der Waals surface area (Å²) in [5, 5.41) is 0. The molecule has 5 nitrogen and oxygen atoms in total. The van der Waals surface area contributed by atoms with E-state index in [0.29, 0.717) is 19.4 Å². The fourth-order valence-electron chi connectivity index (χ4n) is 6.61. The summed E-state index contributed by atoms with van der Waals surface area (Å²) in [6.07, 6.45) is 93.3. The van der Waals surface area contributed by atoms with Crippen LogP contribution in [0.3, 0.4) is 0 Å². The molecule has 0 bridgehead atoms. The van der Waals surface area contributed by atoms with Crippen molar-refractivity contribution in [2.24, 2.45) is 0 Å². The minimum Gasteiger partial charge on any atom is -0.462 e. The molecule has 5 heteroatoms. The standard InChI is InChI=1S/C67H100O5/c1-4-7-10-13-16-19-22-25-28-31-34-36-39-42-45-48-51-54-57-60-66(68)71-64-65(63-70-62-59-56-53-50-47-44-41-38-33-30-27-24-21-18-15-12-9-6-3)72-67(69)61-58-55-52-49-46-43-40-37-35-32-29-26-23-20-17-14-11-8-5-2/h7-12,16-21,25-30,34-38,41-43,45-46,51-52,54-55,65H,4-6,13-15,22-24,31-33,39-40,44,47-50,53,56-64H2,1-3H3/b10-7-,11-8-,12-9-,19-16-,20-17-,21-18-,28-25-,29-26-,30-27-,36-34-,37-35-,41-38-,45-42-,46-43-,54-51-,55-52-. The number of carbonyl (C=O) groups is 2. The monoisotopic (exact) mass is 985 g/mol. The summed E-state index contributed by atoms with van der Waals surface area (Å²) in [6.45, 7) is 7.25. The molecule has 0 aromatic carbocycles. The number of rotatable bonds is 48. The highest BCUT2D eigenvalue weighted by molar-refractivity contribution is 5.70. The van der Waals surface area contributed by atoms with E-state index >= 15 is 0 Å². The third-order valence-corrected chi connectivity index (χ3v) is 10.6. The van der Waals surface area contributed by atoms with Crippen molar-refractivity contribution in [1.29, 1.82) is 0 Å². The molecule has 0 fully saturated rings. The highest BCUT2D eigenvalue weighted by Gasteiger charge is 2.17. The molecule has 0 N–H and O–H groups in total. The Balaban J connectivity index is 4.61. The lowest BCUT2D eigenvalue weighted by molar-refractivity contribution is -0.162. The summed E-state index contributed by atoms with van der Waals surface area (Å²) >= 11 is 0. The van der Waals surface area contributed by atoms with Crippen LogP contribution in [0, 0.1) is 0 Å². The lowest BCUT2D eigenvalue weighted by Gasteiger charge is -2.18. The Hall–Kier alpha value is -5.26. The Labute approximate surface area is 441 Å². The first-order chi connectivity index (χ1) is 35.6. The van der Waals surface area contributed by atoms with Crippen molar-refractivity contribution in [1.82, 2.24) is 0 Å². The van der Waals surface area contributed by atoms with Crippen LogP contribution in [-0.4, -0.2) is 37.9 Å². The number of unbranched alkanes of at least 4 members (excludes halogenated alkanes) is 5. The number of ether oxygens (including phenoxy) is 3. The number of esters is 2. The third-order valence-electron chi connectivity index (χ3n) is 10.6. The van der Waals surface area contributed by atoms with Crippen molar-refractivity contribution >= 4 is 11.9 Å². The van der Waals surface area contributed by atoms with Gasteiger partial charge in [0.15, 0.2) is 6.10 Å². The zero-order chi connectivity index (χ0) is 52.0. The highest BCUT2D eigenvalue weighted by atomic mass is 16.6. The molecule has 0 spiro atoms. The van der Waals surface area contributed by atoms with Gasteiger partial charge >= 0.3 is 11.9 Å². The molecule has 0 amide bonds. The molecule has 72 heavy (non-hydrogen) atoms. The molecular weight excluding hydrogens is 885 g/mol. The normalized spacial score (nSPS) is 13.8. The molecule has 0 heterocycles. The van der Waals surface area contributed by atoms with Gasteiger partial charge in [0.1, 0.15) is 6.61 Å². The zero-order valence-electron chi connectivity index (χ0n) is 45.6. The molecule has 0 radical (unpaired) electrons. The maximum absolute atomic E-state index is 12.8. The third kappa shape index (κ3) is 57.3. The Bertz CT molecular complexity index is 1730. The predicted molar refractivity (Wildman–Crippen MR) is 315 cm³/mol. The van der Waals surface area contributed by atoms with Crippen LogP contribution < -0.4 is 0 Å². The van der Waals surface area contributed by atoms with Crippen molar-refractivity contribution in [2.45, 2.75) is 194 Å². The average molecular weight is 986 g/mol. The molecule has 0 saturated heterocycles. The van der Waals surface area contributed by atoms with Gasteiger partial charge in [0, 0.05) is 19.4 Å². The van der Waals surface area contributed by atoms with Gasteiger partial charge in [-0.2, -0.15) is 0 Å². The molecule has 0 aliphatic heterocycles. The first kappa shape index (κ1) is 66.7. The number of hydrogen-bond donors (Lipinski definition) is 0. The molecule has 0 aliphatic carbocycles. The van der Waals surface area contributed by atoms with Crippen molar-refractivity contribution in [3.05, 3.63) is 194 Å². The molecule has 398 valence electrons. The summed E-state index contributed by atoms with van der Waals surface area (Å²) in [5.74, 6) is -0.621.